The average Bonchev–Trinajstić information content (AvgIpc) is 3.07. The van der Waals surface area contributed by atoms with Crippen molar-refractivity contribution in [2.45, 2.75) is 6.61 Å². The molecule has 0 saturated carbocycles. The zero-order valence-electron chi connectivity index (χ0n) is 17.2. The van der Waals surface area contributed by atoms with Gasteiger partial charge in [0.05, 0.1) is 27.7 Å². The summed E-state index contributed by atoms with van der Waals surface area (Å²) in [4.78, 5) is 26.7. The minimum atomic E-state index is -0.411. The van der Waals surface area contributed by atoms with Crippen LogP contribution in [0.15, 0.2) is 65.6 Å². The molecule has 9 heteroatoms. The Labute approximate surface area is 209 Å². The Hall–Kier alpha value is -2.64. The maximum Gasteiger partial charge on any atom is 0.298 e. The number of nitrogens with zero attached hydrogens (tertiary/aromatic N) is 1. The van der Waals surface area contributed by atoms with Crippen molar-refractivity contribution in [3.63, 3.8) is 0 Å². The smallest absolute Gasteiger partial charge is 0.298 e. The molecule has 0 N–H and O–H groups in total. The minimum absolute atomic E-state index is 0.269. The molecule has 2 amide bonds. The summed E-state index contributed by atoms with van der Waals surface area (Å²) in [6.45, 7) is 0.269. The quantitative estimate of drug-likeness (QED) is 0.315. The maximum atomic E-state index is 12.9. The second kappa shape index (κ2) is 10.1. The topological polar surface area (TPSA) is 55.8 Å². The molecule has 0 radical (unpaired) electrons. The van der Waals surface area contributed by atoms with E-state index in [0.717, 1.165) is 22.2 Å². The molecular weight excluding hydrogens is 505 g/mol. The van der Waals surface area contributed by atoms with Gasteiger partial charge in [-0.2, -0.15) is 0 Å². The maximum absolute atomic E-state index is 12.9. The van der Waals surface area contributed by atoms with Crippen molar-refractivity contribution in [1.82, 2.24) is 0 Å². The summed E-state index contributed by atoms with van der Waals surface area (Å²) < 4.78 is 11.3. The largest absolute Gasteiger partial charge is 0.493 e. The van der Waals surface area contributed by atoms with E-state index in [1.807, 2.05) is 6.07 Å². The Morgan fingerprint density at radius 1 is 0.939 bits per heavy atom. The first-order valence-corrected chi connectivity index (χ1v) is 11.6. The molecule has 5 nitrogen and oxygen atoms in total. The number of imide groups is 1. The molecule has 3 aromatic carbocycles. The summed E-state index contributed by atoms with van der Waals surface area (Å²) in [7, 11) is 1.53. The molecular formula is C24H16Cl3NO4S. The fourth-order valence-corrected chi connectivity index (χ4v) is 4.49. The van der Waals surface area contributed by atoms with Gasteiger partial charge in [-0.05, 0) is 71.4 Å². The summed E-state index contributed by atoms with van der Waals surface area (Å²) in [6, 6.07) is 17.1. The Balaban J connectivity index is 1.53. The molecule has 1 fully saturated rings. The van der Waals surface area contributed by atoms with E-state index >= 15 is 0 Å². The Morgan fingerprint density at radius 3 is 2.48 bits per heavy atom. The predicted octanol–water partition coefficient (Wildman–Crippen LogP) is 7.48. The van der Waals surface area contributed by atoms with Gasteiger partial charge in [0.2, 0.25) is 0 Å². The molecule has 0 spiro atoms. The van der Waals surface area contributed by atoms with Gasteiger partial charge in [0, 0.05) is 5.02 Å². The molecule has 1 aliphatic rings. The van der Waals surface area contributed by atoms with E-state index in [1.54, 1.807) is 60.7 Å². The highest BCUT2D eigenvalue weighted by Gasteiger charge is 2.36. The molecule has 0 atom stereocenters. The van der Waals surface area contributed by atoms with Crippen LogP contribution in [-0.4, -0.2) is 18.3 Å². The third-order valence-electron chi connectivity index (χ3n) is 4.72. The van der Waals surface area contributed by atoms with Gasteiger partial charge in [-0.15, -0.1) is 0 Å². The number of benzene rings is 3. The zero-order chi connectivity index (χ0) is 23.5. The molecule has 1 aliphatic heterocycles. The number of rotatable bonds is 6. The summed E-state index contributed by atoms with van der Waals surface area (Å²) in [5.41, 5.74) is 1.97. The average molecular weight is 521 g/mol. The minimum Gasteiger partial charge on any atom is -0.493 e. The van der Waals surface area contributed by atoms with Crippen LogP contribution in [0.3, 0.4) is 0 Å². The predicted molar refractivity (Wildman–Crippen MR) is 134 cm³/mol. The third kappa shape index (κ3) is 5.31. The van der Waals surface area contributed by atoms with Crippen molar-refractivity contribution in [2.75, 3.05) is 12.0 Å². The van der Waals surface area contributed by atoms with Crippen molar-refractivity contribution in [3.05, 3.63) is 91.8 Å². The molecule has 0 unspecified atom stereocenters. The first kappa shape index (κ1) is 23.5. The van der Waals surface area contributed by atoms with Crippen LogP contribution in [0, 0.1) is 0 Å². The van der Waals surface area contributed by atoms with Gasteiger partial charge < -0.3 is 9.47 Å². The molecule has 33 heavy (non-hydrogen) atoms. The number of anilines is 1. The first-order chi connectivity index (χ1) is 15.9. The van der Waals surface area contributed by atoms with Gasteiger partial charge in [0.15, 0.2) is 11.5 Å². The number of thioether (sulfide) groups is 1. The zero-order valence-corrected chi connectivity index (χ0v) is 20.3. The van der Waals surface area contributed by atoms with Gasteiger partial charge in [0.25, 0.3) is 11.1 Å². The van der Waals surface area contributed by atoms with Crippen LogP contribution in [-0.2, 0) is 11.4 Å². The number of ether oxygens (including phenoxy) is 2. The fourth-order valence-electron chi connectivity index (χ4n) is 3.14. The van der Waals surface area contributed by atoms with E-state index in [9.17, 15) is 9.59 Å². The molecule has 0 bridgehead atoms. The molecule has 1 heterocycles. The lowest BCUT2D eigenvalue weighted by Gasteiger charge is -2.13. The number of carbonyl (C=O) groups is 2. The van der Waals surface area contributed by atoms with E-state index in [-0.39, 0.29) is 11.8 Å². The van der Waals surface area contributed by atoms with Crippen molar-refractivity contribution >= 4 is 69.5 Å². The highest BCUT2D eigenvalue weighted by molar-refractivity contribution is 8.19. The van der Waals surface area contributed by atoms with Crippen LogP contribution in [0.1, 0.15) is 11.1 Å². The van der Waals surface area contributed by atoms with Crippen molar-refractivity contribution in [3.8, 4) is 11.5 Å². The van der Waals surface area contributed by atoms with Crippen LogP contribution in [0.5, 0.6) is 11.5 Å². The summed E-state index contributed by atoms with van der Waals surface area (Å²) in [5, 5.41) is 0.979. The lowest BCUT2D eigenvalue weighted by atomic mass is 10.1. The SMILES string of the molecule is COc1cc(/C=C2/SC(=O)N(c3cccc(Cl)c3)C2=O)ccc1OCc1ccc(Cl)c(Cl)c1. The molecule has 4 rings (SSSR count). The highest BCUT2D eigenvalue weighted by atomic mass is 35.5. The molecule has 1 saturated heterocycles. The Bertz CT molecular complexity index is 1280. The third-order valence-corrected chi connectivity index (χ3v) is 6.57. The monoisotopic (exact) mass is 519 g/mol. The number of hydrogen-bond acceptors (Lipinski definition) is 5. The molecule has 0 aliphatic carbocycles. The molecule has 3 aromatic rings. The van der Waals surface area contributed by atoms with Gasteiger partial charge >= 0.3 is 0 Å². The van der Waals surface area contributed by atoms with Crippen molar-refractivity contribution in [2.24, 2.45) is 0 Å². The van der Waals surface area contributed by atoms with Crippen LogP contribution in [0.4, 0.5) is 10.5 Å². The number of halogens is 3. The van der Waals surface area contributed by atoms with E-state index in [1.165, 1.54) is 7.11 Å². The van der Waals surface area contributed by atoms with Crippen LogP contribution in [0.25, 0.3) is 6.08 Å². The number of carbonyl (C=O) groups excluding carboxylic acids is 2. The lowest BCUT2D eigenvalue weighted by molar-refractivity contribution is -0.113. The van der Waals surface area contributed by atoms with E-state index < -0.39 is 5.91 Å². The van der Waals surface area contributed by atoms with E-state index in [2.05, 4.69) is 0 Å². The van der Waals surface area contributed by atoms with Crippen LogP contribution >= 0.6 is 46.6 Å². The van der Waals surface area contributed by atoms with Crippen LogP contribution in [0.2, 0.25) is 15.1 Å². The summed E-state index contributed by atoms with van der Waals surface area (Å²) in [5.74, 6) is 0.594. The fraction of sp³-hybridized carbons (Fsp3) is 0.0833. The summed E-state index contributed by atoms with van der Waals surface area (Å²) in [6.07, 6.45) is 1.64. The standard InChI is InChI=1S/C24H16Cl3NO4S/c1-31-21-10-14(6-8-20(21)32-13-15-5-7-18(26)19(27)9-15)11-22-23(29)28(24(30)33-22)17-4-2-3-16(25)12-17/h2-12H,13H2,1H3/b22-11+. The second-order valence-corrected chi connectivity index (χ2v) is 9.19. The van der Waals surface area contributed by atoms with Gasteiger partial charge in [-0.1, -0.05) is 53.0 Å². The molecule has 0 aromatic heterocycles. The lowest BCUT2D eigenvalue weighted by Crippen LogP contribution is -2.27. The Kier molecular flexibility index (Phi) is 7.20. The summed E-state index contributed by atoms with van der Waals surface area (Å²) >= 11 is 18.9. The van der Waals surface area contributed by atoms with E-state index in [0.29, 0.717) is 42.7 Å². The van der Waals surface area contributed by atoms with Crippen molar-refractivity contribution in [1.29, 1.82) is 0 Å². The van der Waals surface area contributed by atoms with Crippen LogP contribution < -0.4 is 14.4 Å². The van der Waals surface area contributed by atoms with Crippen molar-refractivity contribution < 1.29 is 19.1 Å². The normalized spacial score (nSPS) is 14.8. The number of amides is 2. The number of hydrogen-bond donors (Lipinski definition) is 0. The highest BCUT2D eigenvalue weighted by Crippen LogP contribution is 2.37. The van der Waals surface area contributed by atoms with Gasteiger partial charge in [-0.25, -0.2) is 4.90 Å². The molecule has 168 valence electrons. The van der Waals surface area contributed by atoms with Gasteiger partial charge in [-0.3, -0.25) is 9.59 Å². The first-order valence-electron chi connectivity index (χ1n) is 9.64. The second-order valence-electron chi connectivity index (χ2n) is 6.94. The van der Waals surface area contributed by atoms with E-state index in [4.69, 9.17) is 44.3 Å². The number of methoxy groups -OCH3 is 1. The Morgan fingerprint density at radius 2 is 1.76 bits per heavy atom. The van der Waals surface area contributed by atoms with Gasteiger partial charge in [0.1, 0.15) is 6.61 Å².